The minimum absolute atomic E-state index is 0.154. The van der Waals surface area contributed by atoms with Crippen LogP contribution in [0.25, 0.3) is 0 Å². The lowest BCUT2D eigenvalue weighted by molar-refractivity contribution is 0.167. The van der Waals surface area contributed by atoms with Crippen molar-refractivity contribution in [3.8, 4) is 0 Å². The van der Waals surface area contributed by atoms with E-state index in [0.29, 0.717) is 12.1 Å². The Bertz CT molecular complexity index is 475. The first-order valence-corrected chi connectivity index (χ1v) is 8.35. The SMILES string of the molecule is Cc1ccc(C)n1C1CCN(C(=O)NC2CCCC2)CC1. The Balaban J connectivity index is 1.54. The first kappa shape index (κ1) is 14.5. The molecule has 2 heterocycles. The average Bonchev–Trinajstić information content (AvgIpc) is 3.09. The van der Waals surface area contributed by atoms with Crippen molar-refractivity contribution in [1.82, 2.24) is 14.8 Å². The van der Waals surface area contributed by atoms with Gasteiger partial charge in [0.15, 0.2) is 0 Å². The molecule has 1 aliphatic heterocycles. The second-order valence-electron chi connectivity index (χ2n) is 6.64. The number of urea groups is 1. The Morgan fingerprint density at radius 1 is 1.05 bits per heavy atom. The van der Waals surface area contributed by atoms with Gasteiger partial charge in [0.1, 0.15) is 0 Å². The summed E-state index contributed by atoms with van der Waals surface area (Å²) in [6, 6.07) is 5.50. The molecule has 0 bridgehead atoms. The number of piperidine rings is 1. The third-order valence-corrected chi connectivity index (χ3v) is 5.13. The van der Waals surface area contributed by atoms with Gasteiger partial charge in [-0.3, -0.25) is 0 Å². The smallest absolute Gasteiger partial charge is 0.317 e. The molecule has 0 radical (unpaired) electrons. The van der Waals surface area contributed by atoms with Crippen molar-refractivity contribution in [2.45, 2.75) is 64.5 Å². The second kappa shape index (κ2) is 6.12. The summed E-state index contributed by atoms with van der Waals surface area (Å²) in [7, 11) is 0. The van der Waals surface area contributed by atoms with Gasteiger partial charge in [0.25, 0.3) is 0 Å². The van der Waals surface area contributed by atoms with Gasteiger partial charge in [-0.15, -0.1) is 0 Å². The highest BCUT2D eigenvalue weighted by atomic mass is 16.2. The maximum Gasteiger partial charge on any atom is 0.317 e. The highest BCUT2D eigenvalue weighted by Crippen LogP contribution is 2.26. The van der Waals surface area contributed by atoms with E-state index in [0.717, 1.165) is 38.8 Å². The van der Waals surface area contributed by atoms with Gasteiger partial charge in [0.05, 0.1) is 0 Å². The van der Waals surface area contributed by atoms with E-state index in [9.17, 15) is 4.79 Å². The van der Waals surface area contributed by atoms with Crippen LogP contribution in [0.5, 0.6) is 0 Å². The van der Waals surface area contributed by atoms with Gasteiger partial charge in [0, 0.05) is 36.6 Å². The summed E-state index contributed by atoms with van der Waals surface area (Å²) in [5.74, 6) is 0. The van der Waals surface area contributed by atoms with E-state index in [1.165, 1.54) is 24.2 Å². The Kier molecular flexibility index (Phi) is 4.22. The van der Waals surface area contributed by atoms with Crippen LogP contribution in [0.4, 0.5) is 4.79 Å². The molecule has 1 saturated carbocycles. The van der Waals surface area contributed by atoms with Crippen molar-refractivity contribution in [3.63, 3.8) is 0 Å². The molecule has 0 aromatic carbocycles. The van der Waals surface area contributed by atoms with Crippen LogP contribution >= 0.6 is 0 Å². The molecule has 0 atom stereocenters. The third-order valence-electron chi connectivity index (χ3n) is 5.13. The summed E-state index contributed by atoms with van der Waals surface area (Å²) in [6.07, 6.45) is 6.97. The number of hydrogen-bond donors (Lipinski definition) is 1. The zero-order valence-electron chi connectivity index (χ0n) is 13.3. The lowest BCUT2D eigenvalue weighted by Gasteiger charge is -2.34. The van der Waals surface area contributed by atoms with Crippen LogP contribution in [0.2, 0.25) is 0 Å². The fourth-order valence-electron chi connectivity index (χ4n) is 3.92. The fourth-order valence-corrected chi connectivity index (χ4v) is 3.92. The first-order valence-electron chi connectivity index (χ1n) is 8.35. The number of carbonyl (C=O) groups is 1. The molecule has 1 saturated heterocycles. The van der Waals surface area contributed by atoms with Crippen LogP contribution in [0, 0.1) is 13.8 Å². The maximum absolute atomic E-state index is 12.3. The van der Waals surface area contributed by atoms with Gasteiger partial charge < -0.3 is 14.8 Å². The quantitative estimate of drug-likeness (QED) is 0.890. The molecule has 1 N–H and O–H groups in total. The Morgan fingerprint density at radius 2 is 1.62 bits per heavy atom. The number of likely N-dealkylation sites (tertiary alicyclic amines) is 1. The standard InChI is InChI=1S/C17H27N3O/c1-13-7-8-14(2)20(13)16-9-11-19(12-10-16)17(21)18-15-5-3-4-6-15/h7-8,15-16H,3-6,9-12H2,1-2H3,(H,18,21). The van der Waals surface area contributed by atoms with E-state index in [4.69, 9.17) is 0 Å². The van der Waals surface area contributed by atoms with E-state index >= 15 is 0 Å². The van der Waals surface area contributed by atoms with Crippen molar-refractivity contribution in [3.05, 3.63) is 23.5 Å². The predicted molar refractivity (Wildman–Crippen MR) is 84.5 cm³/mol. The molecule has 4 heteroatoms. The number of carbonyl (C=O) groups excluding carboxylic acids is 1. The van der Waals surface area contributed by atoms with Gasteiger partial charge in [-0.2, -0.15) is 0 Å². The molecule has 4 nitrogen and oxygen atoms in total. The van der Waals surface area contributed by atoms with Crippen LogP contribution in [0.1, 0.15) is 56.0 Å². The summed E-state index contributed by atoms with van der Waals surface area (Å²) >= 11 is 0. The maximum atomic E-state index is 12.3. The minimum Gasteiger partial charge on any atom is -0.346 e. The molecule has 116 valence electrons. The molecular formula is C17H27N3O. The molecule has 2 aliphatic rings. The summed E-state index contributed by atoms with van der Waals surface area (Å²) in [5.41, 5.74) is 2.67. The van der Waals surface area contributed by atoms with Crippen molar-refractivity contribution < 1.29 is 4.79 Å². The predicted octanol–water partition coefficient (Wildman–Crippen LogP) is 3.39. The summed E-state index contributed by atoms with van der Waals surface area (Å²) in [5, 5.41) is 3.20. The van der Waals surface area contributed by atoms with Crippen molar-refractivity contribution in [2.24, 2.45) is 0 Å². The lowest BCUT2D eigenvalue weighted by atomic mass is 10.0. The van der Waals surface area contributed by atoms with Gasteiger partial charge in [-0.1, -0.05) is 12.8 Å². The molecule has 3 rings (SSSR count). The number of nitrogens with zero attached hydrogens (tertiary/aromatic N) is 2. The van der Waals surface area contributed by atoms with Crippen molar-refractivity contribution >= 4 is 6.03 Å². The van der Waals surface area contributed by atoms with Crippen LogP contribution in [-0.2, 0) is 0 Å². The van der Waals surface area contributed by atoms with E-state index in [2.05, 4.69) is 35.9 Å². The Hall–Kier alpha value is -1.45. The molecule has 1 aromatic heterocycles. The minimum atomic E-state index is 0.154. The van der Waals surface area contributed by atoms with Crippen LogP contribution in [-0.4, -0.2) is 34.6 Å². The molecule has 0 spiro atoms. The fraction of sp³-hybridized carbons (Fsp3) is 0.706. The van der Waals surface area contributed by atoms with Gasteiger partial charge in [-0.25, -0.2) is 4.79 Å². The average molecular weight is 289 g/mol. The van der Waals surface area contributed by atoms with Gasteiger partial charge in [0.2, 0.25) is 0 Å². The van der Waals surface area contributed by atoms with E-state index in [1.807, 2.05) is 4.90 Å². The largest absolute Gasteiger partial charge is 0.346 e. The Morgan fingerprint density at radius 3 is 2.19 bits per heavy atom. The van der Waals surface area contributed by atoms with Crippen molar-refractivity contribution in [1.29, 1.82) is 0 Å². The Labute approximate surface area is 127 Å². The van der Waals surface area contributed by atoms with Crippen LogP contribution < -0.4 is 5.32 Å². The zero-order chi connectivity index (χ0) is 14.8. The topological polar surface area (TPSA) is 37.3 Å². The summed E-state index contributed by atoms with van der Waals surface area (Å²) in [4.78, 5) is 14.3. The molecular weight excluding hydrogens is 262 g/mol. The monoisotopic (exact) mass is 289 g/mol. The molecule has 1 aromatic rings. The lowest BCUT2D eigenvalue weighted by Crippen LogP contribution is -2.47. The van der Waals surface area contributed by atoms with Gasteiger partial charge in [-0.05, 0) is 51.7 Å². The number of aromatic nitrogens is 1. The number of rotatable bonds is 2. The van der Waals surface area contributed by atoms with E-state index < -0.39 is 0 Å². The van der Waals surface area contributed by atoms with Crippen LogP contribution in [0.15, 0.2) is 12.1 Å². The molecule has 1 aliphatic carbocycles. The van der Waals surface area contributed by atoms with E-state index in [-0.39, 0.29) is 6.03 Å². The molecule has 0 unspecified atom stereocenters. The first-order chi connectivity index (χ1) is 10.1. The number of amides is 2. The summed E-state index contributed by atoms with van der Waals surface area (Å²) in [6.45, 7) is 6.10. The normalized spacial score (nSPS) is 21.0. The van der Waals surface area contributed by atoms with E-state index in [1.54, 1.807) is 0 Å². The number of nitrogens with one attached hydrogen (secondary N) is 1. The summed E-state index contributed by atoms with van der Waals surface area (Å²) < 4.78 is 2.44. The zero-order valence-corrected chi connectivity index (χ0v) is 13.3. The van der Waals surface area contributed by atoms with Crippen molar-refractivity contribution in [2.75, 3.05) is 13.1 Å². The third kappa shape index (κ3) is 3.09. The highest BCUT2D eigenvalue weighted by Gasteiger charge is 2.26. The number of hydrogen-bond acceptors (Lipinski definition) is 1. The highest BCUT2D eigenvalue weighted by molar-refractivity contribution is 5.74. The molecule has 21 heavy (non-hydrogen) atoms. The number of aryl methyl sites for hydroxylation is 2. The van der Waals surface area contributed by atoms with Crippen LogP contribution in [0.3, 0.4) is 0 Å². The molecule has 2 fully saturated rings. The molecule has 2 amide bonds. The second-order valence-corrected chi connectivity index (χ2v) is 6.64. The van der Waals surface area contributed by atoms with Gasteiger partial charge >= 0.3 is 6.03 Å².